The number of hydrogen-bond donors (Lipinski definition) is 2. The second-order valence-corrected chi connectivity index (χ2v) is 4.99. The minimum absolute atomic E-state index is 0.0828. The minimum Gasteiger partial charge on any atom is -0.358 e. The fourth-order valence-electron chi connectivity index (χ4n) is 1.83. The van der Waals surface area contributed by atoms with Gasteiger partial charge in [0.2, 0.25) is 0 Å². The molecule has 2 N–H and O–H groups in total. The Kier molecular flexibility index (Phi) is 3.33. The van der Waals surface area contributed by atoms with E-state index >= 15 is 0 Å². The monoisotopic (exact) mass is 292 g/mol. The average Bonchev–Trinajstić information content (AvgIpc) is 2.61. The van der Waals surface area contributed by atoms with Crippen molar-refractivity contribution < 1.29 is 4.79 Å². The van der Waals surface area contributed by atoms with E-state index in [4.69, 9.17) is 0 Å². The number of hydrogen-bond acceptors (Lipinski definition) is 1. The molecule has 0 aliphatic carbocycles. The molecule has 4 heteroatoms. The molecule has 1 aromatic heterocycles. The second kappa shape index (κ2) is 4.75. The van der Waals surface area contributed by atoms with Crippen LogP contribution in [0.4, 0.5) is 0 Å². The standard InChI is InChI=1S/C13H13BrN2O/c1-8(14)7-15-13(17)12-9(2)16-11-6-4-3-5-10(11)12/h3-6,16H,1,7H2,2H3,(H,15,17). The van der Waals surface area contributed by atoms with Crippen LogP contribution in [0.1, 0.15) is 16.1 Å². The fourth-order valence-corrected chi connectivity index (χ4v) is 1.97. The lowest BCUT2D eigenvalue weighted by Crippen LogP contribution is -2.24. The van der Waals surface area contributed by atoms with E-state index in [1.54, 1.807) is 0 Å². The third-order valence-electron chi connectivity index (χ3n) is 2.56. The lowest BCUT2D eigenvalue weighted by atomic mass is 10.1. The van der Waals surface area contributed by atoms with Gasteiger partial charge in [0.05, 0.1) is 5.56 Å². The molecule has 2 aromatic rings. The van der Waals surface area contributed by atoms with Gasteiger partial charge in [-0.15, -0.1) is 0 Å². The summed E-state index contributed by atoms with van der Waals surface area (Å²) in [6.45, 7) is 6.02. The molecule has 17 heavy (non-hydrogen) atoms. The maximum atomic E-state index is 12.1. The maximum absolute atomic E-state index is 12.1. The van der Waals surface area contributed by atoms with Gasteiger partial charge >= 0.3 is 0 Å². The first-order valence-electron chi connectivity index (χ1n) is 5.28. The summed E-state index contributed by atoms with van der Waals surface area (Å²) < 4.78 is 0.753. The Labute approximate surface area is 108 Å². The van der Waals surface area contributed by atoms with Crippen LogP contribution >= 0.6 is 15.9 Å². The summed E-state index contributed by atoms with van der Waals surface area (Å²) in [5.41, 5.74) is 2.56. The van der Waals surface area contributed by atoms with E-state index in [0.717, 1.165) is 21.1 Å². The lowest BCUT2D eigenvalue weighted by molar-refractivity contribution is 0.0959. The molecule has 0 atom stereocenters. The number of fused-ring (bicyclic) bond motifs is 1. The highest BCUT2D eigenvalue weighted by atomic mass is 79.9. The van der Waals surface area contributed by atoms with Crippen molar-refractivity contribution in [1.82, 2.24) is 10.3 Å². The Hall–Kier alpha value is -1.55. The largest absolute Gasteiger partial charge is 0.358 e. The normalized spacial score (nSPS) is 10.5. The van der Waals surface area contributed by atoms with Crippen LogP contribution < -0.4 is 5.32 Å². The summed E-state index contributed by atoms with van der Waals surface area (Å²) in [5, 5.41) is 3.76. The molecule has 3 nitrogen and oxygen atoms in total. The highest BCUT2D eigenvalue weighted by molar-refractivity contribution is 9.11. The van der Waals surface area contributed by atoms with E-state index in [1.165, 1.54) is 0 Å². The van der Waals surface area contributed by atoms with Crippen molar-refractivity contribution in [3.63, 3.8) is 0 Å². The van der Waals surface area contributed by atoms with Crippen molar-refractivity contribution in [1.29, 1.82) is 0 Å². The quantitative estimate of drug-likeness (QED) is 0.897. The summed E-state index contributed by atoms with van der Waals surface area (Å²) in [4.78, 5) is 15.3. The van der Waals surface area contributed by atoms with Gasteiger partial charge in [0, 0.05) is 27.6 Å². The number of carbonyl (C=O) groups excluding carboxylic acids is 1. The van der Waals surface area contributed by atoms with E-state index < -0.39 is 0 Å². The predicted octanol–water partition coefficient (Wildman–Crippen LogP) is 3.11. The molecule has 0 unspecified atom stereocenters. The number of aryl methyl sites for hydroxylation is 1. The molecule has 1 amide bonds. The van der Waals surface area contributed by atoms with Gasteiger partial charge in [0.15, 0.2) is 0 Å². The van der Waals surface area contributed by atoms with Gasteiger partial charge in [0.1, 0.15) is 0 Å². The molecule has 2 rings (SSSR count). The number of benzene rings is 1. The topological polar surface area (TPSA) is 44.9 Å². The molecular formula is C13H13BrN2O. The molecule has 0 saturated heterocycles. The molecular weight excluding hydrogens is 280 g/mol. The number of amides is 1. The lowest BCUT2D eigenvalue weighted by Gasteiger charge is -2.03. The van der Waals surface area contributed by atoms with Crippen molar-refractivity contribution in [3.05, 3.63) is 46.6 Å². The molecule has 1 heterocycles. The highest BCUT2D eigenvalue weighted by Crippen LogP contribution is 2.21. The average molecular weight is 293 g/mol. The van der Waals surface area contributed by atoms with E-state index in [-0.39, 0.29) is 5.91 Å². The number of halogens is 1. The Balaban J connectivity index is 2.37. The van der Waals surface area contributed by atoms with Crippen molar-refractivity contribution in [3.8, 4) is 0 Å². The SMILES string of the molecule is C=C(Br)CNC(=O)c1c(C)[nH]c2ccccc12. The van der Waals surface area contributed by atoms with Crippen LogP contribution in [0.3, 0.4) is 0 Å². The van der Waals surface area contributed by atoms with Gasteiger partial charge < -0.3 is 10.3 Å². The van der Waals surface area contributed by atoms with Crippen LogP contribution in [0.25, 0.3) is 10.9 Å². The van der Waals surface area contributed by atoms with Crippen LogP contribution in [0.15, 0.2) is 35.3 Å². The Morgan fingerprint density at radius 1 is 1.47 bits per heavy atom. The van der Waals surface area contributed by atoms with E-state index in [0.29, 0.717) is 12.1 Å². The molecule has 1 aromatic carbocycles. The zero-order valence-corrected chi connectivity index (χ0v) is 11.1. The highest BCUT2D eigenvalue weighted by Gasteiger charge is 2.14. The number of rotatable bonds is 3. The smallest absolute Gasteiger partial charge is 0.254 e. The summed E-state index contributed by atoms with van der Waals surface area (Å²) in [7, 11) is 0. The summed E-state index contributed by atoms with van der Waals surface area (Å²) >= 11 is 3.22. The number of aromatic amines is 1. The number of aromatic nitrogens is 1. The number of para-hydroxylation sites is 1. The zero-order valence-electron chi connectivity index (χ0n) is 9.51. The van der Waals surface area contributed by atoms with Crippen LogP contribution in [0.5, 0.6) is 0 Å². The van der Waals surface area contributed by atoms with Crippen LogP contribution in [0, 0.1) is 6.92 Å². The Bertz CT molecular complexity index is 586. The van der Waals surface area contributed by atoms with Gasteiger partial charge in [-0.05, 0) is 13.0 Å². The minimum atomic E-state index is -0.0828. The van der Waals surface area contributed by atoms with Crippen molar-refractivity contribution >= 4 is 32.7 Å². The molecule has 0 aliphatic heterocycles. The molecule has 0 bridgehead atoms. The first kappa shape index (κ1) is 11.9. The second-order valence-electron chi connectivity index (χ2n) is 3.87. The Morgan fingerprint density at radius 2 is 2.18 bits per heavy atom. The molecule has 88 valence electrons. The van der Waals surface area contributed by atoms with Crippen LogP contribution in [0.2, 0.25) is 0 Å². The van der Waals surface area contributed by atoms with Crippen molar-refractivity contribution in [2.45, 2.75) is 6.92 Å². The van der Waals surface area contributed by atoms with Gasteiger partial charge in [0.25, 0.3) is 5.91 Å². The van der Waals surface area contributed by atoms with Gasteiger partial charge in [-0.2, -0.15) is 0 Å². The zero-order chi connectivity index (χ0) is 12.4. The maximum Gasteiger partial charge on any atom is 0.254 e. The summed E-state index contributed by atoms with van der Waals surface area (Å²) in [6.07, 6.45) is 0. The van der Waals surface area contributed by atoms with Crippen LogP contribution in [-0.4, -0.2) is 17.4 Å². The van der Waals surface area contributed by atoms with Crippen LogP contribution in [-0.2, 0) is 0 Å². The molecule has 0 spiro atoms. The number of carbonyl (C=O) groups is 1. The Morgan fingerprint density at radius 3 is 2.88 bits per heavy atom. The molecule has 0 radical (unpaired) electrons. The van der Waals surface area contributed by atoms with Crippen molar-refractivity contribution in [2.75, 3.05) is 6.54 Å². The third kappa shape index (κ3) is 2.42. The number of nitrogens with one attached hydrogen (secondary N) is 2. The summed E-state index contributed by atoms with van der Waals surface area (Å²) in [5.74, 6) is -0.0828. The molecule has 0 fully saturated rings. The van der Waals surface area contributed by atoms with E-state index in [2.05, 4.69) is 32.8 Å². The third-order valence-corrected chi connectivity index (χ3v) is 2.84. The van der Waals surface area contributed by atoms with Crippen molar-refractivity contribution in [2.24, 2.45) is 0 Å². The predicted molar refractivity (Wildman–Crippen MR) is 73.4 cm³/mol. The van der Waals surface area contributed by atoms with E-state index in [9.17, 15) is 4.79 Å². The molecule has 0 saturated carbocycles. The first-order chi connectivity index (χ1) is 8.09. The van der Waals surface area contributed by atoms with Gasteiger partial charge in [-0.25, -0.2) is 0 Å². The van der Waals surface area contributed by atoms with E-state index in [1.807, 2.05) is 31.2 Å². The molecule has 0 aliphatic rings. The summed E-state index contributed by atoms with van der Waals surface area (Å²) in [6, 6.07) is 7.77. The van der Waals surface area contributed by atoms with Gasteiger partial charge in [-0.3, -0.25) is 4.79 Å². The number of H-pyrrole nitrogens is 1. The fraction of sp³-hybridized carbons (Fsp3) is 0.154. The van der Waals surface area contributed by atoms with Gasteiger partial charge in [-0.1, -0.05) is 40.7 Å². The first-order valence-corrected chi connectivity index (χ1v) is 6.07.